The molecule has 1 radical (unpaired) electrons. The normalized spacial score (nSPS) is 14.3. The zero-order chi connectivity index (χ0) is 7.28. The minimum atomic E-state index is 0.377. The third-order valence-corrected chi connectivity index (χ3v) is 1.35. The van der Waals surface area contributed by atoms with Gasteiger partial charge in [0.2, 0.25) is 0 Å². The molecule has 0 heterocycles. The van der Waals surface area contributed by atoms with Crippen LogP contribution in [0.15, 0.2) is 0 Å². The zero-order valence-corrected chi connectivity index (χ0v) is 6.56. The van der Waals surface area contributed by atoms with E-state index in [-0.39, 0.29) is 0 Å². The molecule has 0 aromatic heterocycles. The quantitative estimate of drug-likeness (QED) is 0.615. The Labute approximate surface area is 58.6 Å². The maximum Gasteiger partial charge on any atom is 0.00412 e. The second kappa shape index (κ2) is 4.80. The molecule has 0 aromatic carbocycles. The number of hydrogen-bond donors (Lipinski definition) is 1. The summed E-state index contributed by atoms with van der Waals surface area (Å²) in [4.78, 5) is 0. The third kappa shape index (κ3) is 5.84. The van der Waals surface area contributed by atoms with Crippen LogP contribution in [-0.4, -0.2) is 6.04 Å². The average Bonchev–Trinajstić information content (AvgIpc) is 1.63. The van der Waals surface area contributed by atoms with Crippen molar-refractivity contribution in [3.8, 4) is 0 Å². The van der Waals surface area contributed by atoms with Crippen LogP contribution in [-0.2, 0) is 0 Å². The second-order valence-corrected chi connectivity index (χ2v) is 3.03. The Bertz CT molecular complexity index is 59.6. The van der Waals surface area contributed by atoms with E-state index in [9.17, 15) is 0 Å². The molecule has 0 amide bonds. The molecule has 1 heteroatoms. The van der Waals surface area contributed by atoms with Gasteiger partial charge in [-0.05, 0) is 18.8 Å². The SMILES string of the molecule is [CH2]CCC(N)CC(C)C. The molecule has 0 aliphatic rings. The highest BCUT2D eigenvalue weighted by atomic mass is 14.6. The minimum absolute atomic E-state index is 0.377. The summed E-state index contributed by atoms with van der Waals surface area (Å²) in [7, 11) is 0. The highest BCUT2D eigenvalue weighted by Crippen LogP contribution is 2.06. The molecule has 0 rings (SSSR count). The number of hydrogen-bond acceptors (Lipinski definition) is 1. The Hall–Kier alpha value is -0.0400. The van der Waals surface area contributed by atoms with Gasteiger partial charge in [0.15, 0.2) is 0 Å². The van der Waals surface area contributed by atoms with Crippen LogP contribution in [0.2, 0.25) is 0 Å². The van der Waals surface area contributed by atoms with Crippen LogP contribution in [0.4, 0.5) is 0 Å². The molecule has 0 aliphatic heterocycles. The Kier molecular flexibility index (Phi) is 4.78. The summed E-state index contributed by atoms with van der Waals surface area (Å²) in [5.74, 6) is 0.728. The lowest BCUT2D eigenvalue weighted by atomic mass is 10.0. The van der Waals surface area contributed by atoms with Crippen LogP contribution < -0.4 is 5.73 Å². The van der Waals surface area contributed by atoms with Crippen LogP contribution in [0.5, 0.6) is 0 Å². The van der Waals surface area contributed by atoms with Crippen molar-refractivity contribution in [3.05, 3.63) is 6.92 Å². The van der Waals surface area contributed by atoms with Gasteiger partial charge in [-0.3, -0.25) is 0 Å². The van der Waals surface area contributed by atoms with E-state index in [4.69, 9.17) is 5.73 Å². The van der Waals surface area contributed by atoms with Gasteiger partial charge in [0.05, 0.1) is 0 Å². The first-order valence-electron chi connectivity index (χ1n) is 3.71. The smallest absolute Gasteiger partial charge is 0.00412 e. The third-order valence-electron chi connectivity index (χ3n) is 1.35. The van der Waals surface area contributed by atoms with Crippen molar-refractivity contribution in [1.29, 1.82) is 0 Å². The zero-order valence-electron chi connectivity index (χ0n) is 6.56. The highest BCUT2D eigenvalue weighted by Gasteiger charge is 2.02. The van der Waals surface area contributed by atoms with Gasteiger partial charge < -0.3 is 5.73 Å². The van der Waals surface area contributed by atoms with Crippen molar-refractivity contribution < 1.29 is 0 Å². The molecule has 0 spiro atoms. The summed E-state index contributed by atoms with van der Waals surface area (Å²) >= 11 is 0. The Balaban J connectivity index is 3.15. The largest absolute Gasteiger partial charge is 0.328 e. The van der Waals surface area contributed by atoms with Crippen LogP contribution in [0.3, 0.4) is 0 Å². The summed E-state index contributed by atoms with van der Waals surface area (Å²) < 4.78 is 0. The molecule has 1 unspecified atom stereocenters. The van der Waals surface area contributed by atoms with E-state index < -0.39 is 0 Å². The van der Waals surface area contributed by atoms with Crippen molar-refractivity contribution in [2.75, 3.05) is 0 Å². The van der Waals surface area contributed by atoms with Crippen LogP contribution in [0.25, 0.3) is 0 Å². The molecule has 1 nitrogen and oxygen atoms in total. The molecular weight excluding hydrogens is 110 g/mol. The predicted octanol–water partition coefficient (Wildman–Crippen LogP) is 1.97. The lowest BCUT2D eigenvalue weighted by Gasteiger charge is -2.11. The Morgan fingerprint density at radius 3 is 2.33 bits per heavy atom. The van der Waals surface area contributed by atoms with E-state index in [1.54, 1.807) is 0 Å². The lowest BCUT2D eigenvalue weighted by molar-refractivity contribution is 0.475. The van der Waals surface area contributed by atoms with Gasteiger partial charge in [0.1, 0.15) is 0 Å². The molecule has 0 aliphatic carbocycles. The van der Waals surface area contributed by atoms with E-state index in [0.717, 1.165) is 25.2 Å². The van der Waals surface area contributed by atoms with E-state index in [1.807, 2.05) is 0 Å². The maximum atomic E-state index is 5.75. The van der Waals surface area contributed by atoms with Crippen molar-refractivity contribution in [1.82, 2.24) is 0 Å². The van der Waals surface area contributed by atoms with Gasteiger partial charge in [0.25, 0.3) is 0 Å². The summed E-state index contributed by atoms with van der Waals surface area (Å²) in [5.41, 5.74) is 5.75. The molecule has 9 heavy (non-hydrogen) atoms. The summed E-state index contributed by atoms with van der Waals surface area (Å²) in [5, 5.41) is 0. The Morgan fingerprint density at radius 1 is 1.44 bits per heavy atom. The van der Waals surface area contributed by atoms with Crippen molar-refractivity contribution in [2.24, 2.45) is 11.7 Å². The molecule has 0 bridgehead atoms. The summed E-state index contributed by atoms with van der Waals surface area (Å²) in [6.45, 7) is 8.15. The molecule has 1 atom stereocenters. The molecule has 55 valence electrons. The summed E-state index contributed by atoms with van der Waals surface area (Å²) in [6.07, 6.45) is 3.17. The van der Waals surface area contributed by atoms with Gasteiger partial charge in [-0.2, -0.15) is 0 Å². The predicted molar refractivity (Wildman–Crippen MR) is 42.0 cm³/mol. The molecule has 0 aromatic rings. The van der Waals surface area contributed by atoms with Crippen LogP contribution in [0.1, 0.15) is 33.1 Å². The Morgan fingerprint density at radius 2 is 2.00 bits per heavy atom. The van der Waals surface area contributed by atoms with Crippen LogP contribution in [0, 0.1) is 12.8 Å². The fourth-order valence-electron chi connectivity index (χ4n) is 0.986. The standard InChI is InChI=1S/C8H18N/c1-4-5-8(9)6-7(2)3/h7-8H,1,4-6,9H2,2-3H3. The number of nitrogens with two attached hydrogens (primary N) is 1. The van der Waals surface area contributed by atoms with Gasteiger partial charge in [-0.1, -0.05) is 27.2 Å². The summed E-state index contributed by atoms with van der Waals surface area (Å²) in [6, 6.07) is 0.377. The van der Waals surface area contributed by atoms with Crippen molar-refractivity contribution in [2.45, 2.75) is 39.2 Å². The monoisotopic (exact) mass is 128 g/mol. The fraction of sp³-hybridized carbons (Fsp3) is 0.875. The molecule has 0 saturated carbocycles. The van der Waals surface area contributed by atoms with Gasteiger partial charge >= 0.3 is 0 Å². The van der Waals surface area contributed by atoms with Crippen molar-refractivity contribution >= 4 is 0 Å². The first-order chi connectivity index (χ1) is 4.16. The lowest BCUT2D eigenvalue weighted by Crippen LogP contribution is -2.21. The van der Waals surface area contributed by atoms with E-state index in [0.29, 0.717) is 6.04 Å². The molecular formula is C8H18N. The van der Waals surface area contributed by atoms with Crippen molar-refractivity contribution in [3.63, 3.8) is 0 Å². The minimum Gasteiger partial charge on any atom is -0.328 e. The average molecular weight is 128 g/mol. The maximum absolute atomic E-state index is 5.75. The first kappa shape index (κ1) is 8.96. The van der Waals surface area contributed by atoms with Gasteiger partial charge in [0, 0.05) is 6.04 Å². The number of rotatable bonds is 4. The van der Waals surface area contributed by atoms with Gasteiger partial charge in [-0.15, -0.1) is 0 Å². The van der Waals surface area contributed by atoms with E-state index in [2.05, 4.69) is 20.8 Å². The van der Waals surface area contributed by atoms with E-state index >= 15 is 0 Å². The van der Waals surface area contributed by atoms with Gasteiger partial charge in [-0.25, -0.2) is 0 Å². The molecule has 2 N–H and O–H groups in total. The molecule has 0 saturated heterocycles. The first-order valence-corrected chi connectivity index (χ1v) is 3.71. The van der Waals surface area contributed by atoms with E-state index in [1.165, 1.54) is 0 Å². The molecule has 0 fully saturated rings. The van der Waals surface area contributed by atoms with Crippen LogP contribution >= 0.6 is 0 Å². The second-order valence-electron chi connectivity index (χ2n) is 3.03. The highest BCUT2D eigenvalue weighted by molar-refractivity contribution is 4.63. The fourth-order valence-corrected chi connectivity index (χ4v) is 0.986. The topological polar surface area (TPSA) is 26.0 Å².